The first kappa shape index (κ1) is 16.5. The second-order valence-corrected chi connectivity index (χ2v) is 4.31. The fourth-order valence-electron chi connectivity index (χ4n) is 1.65. The monoisotopic (exact) mass is 301 g/mol. The summed E-state index contributed by atoms with van der Waals surface area (Å²) < 4.78 is 38.8. The lowest BCUT2D eigenvalue weighted by Crippen LogP contribution is -2.08. The molecule has 2 rings (SSSR count). The molecule has 0 atom stereocenters. The molecule has 0 aliphatic rings. The lowest BCUT2D eigenvalue weighted by atomic mass is 10.0. The second-order valence-electron chi connectivity index (χ2n) is 3.88. The smallest absolute Gasteiger partial charge is 0.261 e. The third-order valence-corrected chi connectivity index (χ3v) is 2.75. The van der Waals surface area contributed by atoms with Gasteiger partial charge in [0.1, 0.15) is 0 Å². The Bertz CT molecular complexity index is 562. The number of aromatic nitrogens is 1. The zero-order valence-electron chi connectivity index (χ0n) is 11.4. The van der Waals surface area contributed by atoms with Crippen LogP contribution in [0.5, 0.6) is 0 Å². The second kappa shape index (κ2) is 6.75. The molecule has 0 N–H and O–H groups in total. The van der Waals surface area contributed by atoms with Crippen molar-refractivity contribution >= 4 is 11.6 Å². The Morgan fingerprint density at radius 3 is 2.10 bits per heavy atom. The minimum absolute atomic E-state index is 0.0600. The summed E-state index contributed by atoms with van der Waals surface area (Å²) in [6.45, 7) is 5.53. The zero-order valence-corrected chi connectivity index (χ0v) is 12.2. The molecular weight excluding hydrogens is 287 g/mol. The number of alkyl halides is 3. The number of hydrogen-bond acceptors (Lipinski definition) is 1. The van der Waals surface area contributed by atoms with Crippen molar-refractivity contribution in [3.8, 4) is 11.1 Å². The van der Waals surface area contributed by atoms with Gasteiger partial charge >= 0.3 is 6.18 Å². The van der Waals surface area contributed by atoms with E-state index in [1.54, 1.807) is 24.3 Å². The number of pyridine rings is 1. The average Bonchev–Trinajstić information content (AvgIpc) is 2.41. The van der Waals surface area contributed by atoms with Crippen LogP contribution in [0.2, 0.25) is 5.02 Å². The van der Waals surface area contributed by atoms with Gasteiger partial charge in [0.25, 0.3) is 0 Å². The van der Waals surface area contributed by atoms with Crippen LogP contribution in [0.25, 0.3) is 11.1 Å². The van der Waals surface area contributed by atoms with Crippen molar-refractivity contribution in [3.63, 3.8) is 0 Å². The molecule has 0 aliphatic carbocycles. The van der Waals surface area contributed by atoms with Gasteiger partial charge in [-0.05, 0) is 30.7 Å². The molecule has 1 nitrogen and oxygen atoms in total. The molecule has 0 saturated carbocycles. The Labute approximate surface area is 121 Å². The molecule has 0 aliphatic heterocycles. The number of hydrogen-bond donors (Lipinski definition) is 0. The van der Waals surface area contributed by atoms with Crippen molar-refractivity contribution in [3.05, 3.63) is 52.8 Å². The zero-order chi connectivity index (χ0) is 15.3. The van der Waals surface area contributed by atoms with Crippen LogP contribution in [-0.2, 0) is 6.18 Å². The Kier molecular flexibility index (Phi) is 5.57. The van der Waals surface area contributed by atoms with Gasteiger partial charge in [-0.3, -0.25) is 4.98 Å². The molecule has 0 spiro atoms. The first-order valence-electron chi connectivity index (χ1n) is 6.18. The number of nitrogens with zero attached hydrogens (tertiary/aromatic N) is 1. The third kappa shape index (κ3) is 3.97. The van der Waals surface area contributed by atoms with E-state index >= 15 is 0 Å². The quantitative estimate of drug-likeness (QED) is 0.653. The van der Waals surface area contributed by atoms with Crippen LogP contribution in [-0.4, -0.2) is 4.98 Å². The lowest BCUT2D eigenvalue weighted by Gasteiger charge is -2.13. The maximum Gasteiger partial charge on any atom is 0.417 e. The Morgan fingerprint density at radius 1 is 1.05 bits per heavy atom. The van der Waals surface area contributed by atoms with Gasteiger partial charge in [0, 0.05) is 22.5 Å². The van der Waals surface area contributed by atoms with E-state index in [-0.39, 0.29) is 5.56 Å². The van der Waals surface area contributed by atoms with E-state index in [1.165, 1.54) is 13.1 Å². The van der Waals surface area contributed by atoms with Crippen LogP contribution < -0.4 is 0 Å². The number of benzene rings is 1. The van der Waals surface area contributed by atoms with Crippen molar-refractivity contribution in [1.82, 2.24) is 4.98 Å². The molecule has 0 amide bonds. The van der Waals surface area contributed by atoms with E-state index in [4.69, 9.17) is 11.6 Å². The number of halogens is 4. The van der Waals surface area contributed by atoms with E-state index in [9.17, 15) is 13.2 Å². The van der Waals surface area contributed by atoms with Gasteiger partial charge in [-0.2, -0.15) is 13.2 Å². The van der Waals surface area contributed by atoms with E-state index in [2.05, 4.69) is 4.98 Å². The summed E-state index contributed by atoms with van der Waals surface area (Å²) in [4.78, 5) is 3.92. The van der Waals surface area contributed by atoms with Crippen molar-refractivity contribution in [2.45, 2.75) is 26.9 Å². The standard InChI is InChI=1S/C13H9ClF3N.C2H6/c1-8-6-12(13(15,16)17)11(7-18-8)9-2-4-10(14)5-3-9;1-2/h2-7H,1H3;1-2H3. The average molecular weight is 302 g/mol. The fourth-order valence-corrected chi connectivity index (χ4v) is 1.78. The van der Waals surface area contributed by atoms with Crippen molar-refractivity contribution < 1.29 is 13.2 Å². The van der Waals surface area contributed by atoms with Crippen LogP contribution in [0.4, 0.5) is 13.2 Å². The molecule has 108 valence electrons. The van der Waals surface area contributed by atoms with Crippen molar-refractivity contribution in [1.29, 1.82) is 0 Å². The molecule has 0 bridgehead atoms. The molecule has 0 saturated heterocycles. The van der Waals surface area contributed by atoms with Gasteiger partial charge in [0.15, 0.2) is 0 Å². The Balaban J connectivity index is 0.000000956. The van der Waals surface area contributed by atoms with E-state index in [1.807, 2.05) is 13.8 Å². The van der Waals surface area contributed by atoms with Crippen LogP contribution in [0, 0.1) is 6.92 Å². The lowest BCUT2D eigenvalue weighted by molar-refractivity contribution is -0.137. The highest BCUT2D eigenvalue weighted by molar-refractivity contribution is 6.30. The Morgan fingerprint density at radius 2 is 1.60 bits per heavy atom. The molecule has 0 fully saturated rings. The van der Waals surface area contributed by atoms with Crippen LogP contribution in [0.3, 0.4) is 0 Å². The summed E-state index contributed by atoms with van der Waals surface area (Å²) in [6.07, 6.45) is -3.16. The molecular formula is C15H15ClF3N. The topological polar surface area (TPSA) is 12.9 Å². The van der Waals surface area contributed by atoms with Gasteiger partial charge in [0.05, 0.1) is 5.56 Å². The SMILES string of the molecule is CC.Cc1cc(C(F)(F)F)c(-c2ccc(Cl)cc2)cn1. The third-order valence-electron chi connectivity index (χ3n) is 2.50. The maximum atomic E-state index is 12.9. The predicted molar refractivity (Wildman–Crippen MR) is 75.8 cm³/mol. The molecule has 1 aromatic heterocycles. The van der Waals surface area contributed by atoms with Gasteiger partial charge < -0.3 is 0 Å². The van der Waals surface area contributed by atoms with Gasteiger partial charge in [-0.15, -0.1) is 0 Å². The highest BCUT2D eigenvalue weighted by atomic mass is 35.5. The summed E-state index contributed by atoms with van der Waals surface area (Å²) in [5, 5.41) is 0.479. The van der Waals surface area contributed by atoms with Crippen LogP contribution in [0.15, 0.2) is 36.5 Å². The molecule has 20 heavy (non-hydrogen) atoms. The van der Waals surface area contributed by atoms with Gasteiger partial charge in [-0.1, -0.05) is 37.6 Å². The molecule has 0 unspecified atom stereocenters. The van der Waals surface area contributed by atoms with Gasteiger partial charge in [0.2, 0.25) is 0 Å². The molecule has 1 heterocycles. The highest BCUT2D eigenvalue weighted by Gasteiger charge is 2.34. The molecule has 5 heteroatoms. The fraction of sp³-hybridized carbons (Fsp3) is 0.267. The minimum atomic E-state index is -4.40. The summed E-state index contributed by atoms with van der Waals surface area (Å²) in [5.74, 6) is 0. The summed E-state index contributed by atoms with van der Waals surface area (Å²) in [6, 6.07) is 7.24. The predicted octanol–water partition coefficient (Wildman–Crippen LogP) is 5.76. The van der Waals surface area contributed by atoms with Crippen LogP contribution in [0.1, 0.15) is 25.1 Å². The first-order valence-corrected chi connectivity index (χ1v) is 6.55. The van der Waals surface area contributed by atoms with E-state index in [0.717, 1.165) is 6.07 Å². The summed E-state index contributed by atoms with van der Waals surface area (Å²) >= 11 is 5.72. The largest absolute Gasteiger partial charge is 0.417 e. The Hall–Kier alpha value is -1.55. The van der Waals surface area contributed by atoms with E-state index in [0.29, 0.717) is 16.3 Å². The summed E-state index contributed by atoms with van der Waals surface area (Å²) in [7, 11) is 0. The molecule has 2 aromatic rings. The minimum Gasteiger partial charge on any atom is -0.261 e. The first-order chi connectivity index (χ1) is 9.38. The van der Waals surface area contributed by atoms with Crippen LogP contribution >= 0.6 is 11.6 Å². The number of rotatable bonds is 1. The van der Waals surface area contributed by atoms with Crippen molar-refractivity contribution in [2.75, 3.05) is 0 Å². The normalized spacial score (nSPS) is 10.8. The van der Waals surface area contributed by atoms with E-state index < -0.39 is 11.7 Å². The van der Waals surface area contributed by atoms with Gasteiger partial charge in [-0.25, -0.2) is 0 Å². The molecule has 1 aromatic carbocycles. The number of aryl methyl sites for hydroxylation is 1. The summed E-state index contributed by atoms with van der Waals surface area (Å²) in [5.41, 5.74) is 0.154. The highest BCUT2D eigenvalue weighted by Crippen LogP contribution is 2.37. The van der Waals surface area contributed by atoms with Crippen molar-refractivity contribution in [2.24, 2.45) is 0 Å². The maximum absolute atomic E-state index is 12.9. The molecule has 0 radical (unpaired) electrons.